The molecule has 1 N–H and O–H groups in total. The van der Waals surface area contributed by atoms with Crippen molar-refractivity contribution in [2.75, 3.05) is 6.54 Å². The Kier molecular flexibility index (Phi) is 6.08. The highest BCUT2D eigenvalue weighted by atomic mass is 35.5. The molecule has 114 valence electrons. The first-order valence-electron chi connectivity index (χ1n) is 7.37. The second kappa shape index (κ2) is 8.05. The maximum Gasteiger partial charge on any atom is 0.146 e. The van der Waals surface area contributed by atoms with Gasteiger partial charge in [0.15, 0.2) is 0 Å². The van der Waals surface area contributed by atoms with E-state index >= 15 is 0 Å². The summed E-state index contributed by atoms with van der Waals surface area (Å²) in [6.07, 6.45) is 4.85. The summed E-state index contributed by atoms with van der Waals surface area (Å²) in [6, 6.07) is 5.76. The fourth-order valence-electron chi connectivity index (χ4n) is 2.15. The molecule has 1 heterocycles. The summed E-state index contributed by atoms with van der Waals surface area (Å²) in [5.74, 6) is 1.74. The average Bonchev–Trinajstić information content (AvgIpc) is 2.95. The second-order valence-electron chi connectivity index (χ2n) is 4.81. The normalized spacial score (nSPS) is 10.8. The van der Waals surface area contributed by atoms with Crippen molar-refractivity contribution in [2.24, 2.45) is 0 Å². The molecule has 0 aliphatic heterocycles. The van der Waals surface area contributed by atoms with Crippen molar-refractivity contribution in [3.63, 3.8) is 0 Å². The van der Waals surface area contributed by atoms with Crippen molar-refractivity contribution in [2.45, 2.75) is 40.0 Å². The zero-order valence-corrected chi connectivity index (χ0v) is 13.4. The molecule has 1 aromatic heterocycles. The largest absolute Gasteiger partial charge is 0.485 e. The number of rotatable bonds is 8. The van der Waals surface area contributed by atoms with Crippen LogP contribution in [0.15, 0.2) is 30.6 Å². The third-order valence-electron chi connectivity index (χ3n) is 3.30. The van der Waals surface area contributed by atoms with Crippen LogP contribution in [0.5, 0.6) is 5.75 Å². The molecule has 0 radical (unpaired) electrons. The van der Waals surface area contributed by atoms with Gasteiger partial charge in [-0.2, -0.15) is 0 Å². The van der Waals surface area contributed by atoms with Gasteiger partial charge >= 0.3 is 0 Å². The van der Waals surface area contributed by atoms with Crippen LogP contribution in [-0.4, -0.2) is 16.1 Å². The van der Waals surface area contributed by atoms with E-state index < -0.39 is 0 Å². The molecule has 1 aromatic carbocycles. The maximum absolute atomic E-state index is 6.29. The predicted octanol–water partition coefficient (Wildman–Crippen LogP) is 3.64. The molecule has 0 unspecified atom stereocenters. The van der Waals surface area contributed by atoms with E-state index in [4.69, 9.17) is 16.3 Å². The number of benzene rings is 1. The summed E-state index contributed by atoms with van der Waals surface area (Å²) < 4.78 is 8.00. The van der Waals surface area contributed by atoms with Crippen LogP contribution in [0, 0.1) is 0 Å². The van der Waals surface area contributed by atoms with Crippen LogP contribution in [0.1, 0.15) is 31.7 Å². The molecule has 5 heteroatoms. The van der Waals surface area contributed by atoms with E-state index in [1.165, 1.54) is 0 Å². The van der Waals surface area contributed by atoms with E-state index in [9.17, 15) is 0 Å². The molecule has 2 rings (SSSR count). The molecule has 0 aliphatic rings. The number of ether oxygens (including phenoxy) is 1. The van der Waals surface area contributed by atoms with Gasteiger partial charge in [-0.1, -0.05) is 24.6 Å². The van der Waals surface area contributed by atoms with Gasteiger partial charge in [-0.25, -0.2) is 4.98 Å². The van der Waals surface area contributed by atoms with Gasteiger partial charge in [-0.3, -0.25) is 0 Å². The van der Waals surface area contributed by atoms with Gasteiger partial charge in [0, 0.05) is 36.1 Å². The average molecular weight is 308 g/mol. The van der Waals surface area contributed by atoms with Crippen LogP contribution in [0.25, 0.3) is 0 Å². The topological polar surface area (TPSA) is 39.1 Å². The van der Waals surface area contributed by atoms with Crippen molar-refractivity contribution in [1.29, 1.82) is 0 Å². The second-order valence-corrected chi connectivity index (χ2v) is 5.22. The Morgan fingerprint density at radius 3 is 2.95 bits per heavy atom. The first-order valence-corrected chi connectivity index (χ1v) is 7.75. The smallest absolute Gasteiger partial charge is 0.146 e. The molecule has 0 bridgehead atoms. The summed E-state index contributed by atoms with van der Waals surface area (Å²) >= 11 is 6.29. The molecule has 0 saturated carbocycles. The van der Waals surface area contributed by atoms with Crippen molar-refractivity contribution in [3.05, 3.63) is 47.0 Å². The molecule has 21 heavy (non-hydrogen) atoms. The van der Waals surface area contributed by atoms with Crippen molar-refractivity contribution in [1.82, 2.24) is 14.9 Å². The summed E-state index contributed by atoms with van der Waals surface area (Å²) in [5, 5.41) is 4.09. The Balaban J connectivity index is 2.06. The first kappa shape index (κ1) is 15.9. The number of imidazole rings is 1. The maximum atomic E-state index is 6.29. The van der Waals surface area contributed by atoms with Crippen LogP contribution < -0.4 is 10.1 Å². The van der Waals surface area contributed by atoms with Crippen molar-refractivity contribution in [3.8, 4) is 5.75 Å². The van der Waals surface area contributed by atoms with Gasteiger partial charge in [-0.15, -0.1) is 0 Å². The summed E-state index contributed by atoms with van der Waals surface area (Å²) in [6.45, 7) is 7.24. The van der Waals surface area contributed by atoms with E-state index in [1.807, 2.05) is 24.4 Å². The van der Waals surface area contributed by atoms with Gasteiger partial charge in [0.25, 0.3) is 0 Å². The monoisotopic (exact) mass is 307 g/mol. The molecule has 0 aliphatic carbocycles. The molecule has 0 atom stereocenters. The van der Waals surface area contributed by atoms with Gasteiger partial charge < -0.3 is 14.6 Å². The molecular weight excluding hydrogens is 286 g/mol. The Hall–Kier alpha value is -1.52. The highest BCUT2D eigenvalue weighted by molar-refractivity contribution is 6.31. The molecule has 2 aromatic rings. The van der Waals surface area contributed by atoms with Gasteiger partial charge in [0.05, 0.1) is 0 Å². The number of aromatic nitrogens is 2. The summed E-state index contributed by atoms with van der Waals surface area (Å²) in [4.78, 5) is 4.32. The number of halogens is 1. The van der Waals surface area contributed by atoms with E-state index in [-0.39, 0.29) is 0 Å². The minimum Gasteiger partial charge on any atom is -0.485 e. The molecule has 0 spiro atoms. The standard InChI is InChI=1S/C16H22ClN3O/c1-3-8-18-11-13-14(17)6-5-7-15(13)21-12-16-19-9-10-20(16)4-2/h5-7,9-10,18H,3-4,8,11-12H2,1-2H3. The van der Waals surface area contributed by atoms with E-state index in [0.717, 1.165) is 41.7 Å². The number of hydrogen-bond donors (Lipinski definition) is 1. The Morgan fingerprint density at radius 2 is 2.19 bits per heavy atom. The molecular formula is C16H22ClN3O. The van der Waals surface area contributed by atoms with Crippen LogP contribution in [0.2, 0.25) is 5.02 Å². The van der Waals surface area contributed by atoms with Gasteiger partial charge in [-0.05, 0) is 32.0 Å². The Labute approximate surface area is 131 Å². The van der Waals surface area contributed by atoms with Crippen molar-refractivity contribution < 1.29 is 4.74 Å². The quantitative estimate of drug-likeness (QED) is 0.757. The Bertz CT molecular complexity index is 568. The highest BCUT2D eigenvalue weighted by Crippen LogP contribution is 2.27. The lowest BCUT2D eigenvalue weighted by atomic mass is 10.2. The van der Waals surface area contributed by atoms with E-state index in [1.54, 1.807) is 6.20 Å². The van der Waals surface area contributed by atoms with Crippen LogP contribution in [-0.2, 0) is 19.7 Å². The molecule has 0 fully saturated rings. The zero-order valence-electron chi connectivity index (χ0n) is 12.6. The Morgan fingerprint density at radius 1 is 1.33 bits per heavy atom. The van der Waals surface area contributed by atoms with Crippen molar-refractivity contribution >= 4 is 11.6 Å². The third kappa shape index (κ3) is 4.22. The minimum atomic E-state index is 0.446. The summed E-state index contributed by atoms with van der Waals surface area (Å²) in [7, 11) is 0. The number of nitrogens with zero attached hydrogens (tertiary/aromatic N) is 2. The fourth-order valence-corrected chi connectivity index (χ4v) is 2.38. The lowest BCUT2D eigenvalue weighted by Crippen LogP contribution is -2.15. The number of hydrogen-bond acceptors (Lipinski definition) is 3. The highest BCUT2D eigenvalue weighted by Gasteiger charge is 2.09. The van der Waals surface area contributed by atoms with Crippen LogP contribution in [0.4, 0.5) is 0 Å². The fraction of sp³-hybridized carbons (Fsp3) is 0.438. The van der Waals surface area contributed by atoms with Gasteiger partial charge in [0.2, 0.25) is 0 Å². The first-order chi connectivity index (χ1) is 10.3. The third-order valence-corrected chi connectivity index (χ3v) is 3.66. The summed E-state index contributed by atoms with van der Waals surface area (Å²) in [5.41, 5.74) is 1.00. The van der Waals surface area contributed by atoms with Crippen LogP contribution >= 0.6 is 11.6 Å². The molecule has 0 amide bonds. The van der Waals surface area contributed by atoms with E-state index in [0.29, 0.717) is 13.2 Å². The lowest BCUT2D eigenvalue weighted by Gasteiger charge is -2.14. The SMILES string of the molecule is CCCNCc1c(Cl)cccc1OCc1nccn1CC. The van der Waals surface area contributed by atoms with Gasteiger partial charge in [0.1, 0.15) is 18.2 Å². The lowest BCUT2D eigenvalue weighted by molar-refractivity contribution is 0.286. The molecule has 4 nitrogen and oxygen atoms in total. The minimum absolute atomic E-state index is 0.446. The number of nitrogens with one attached hydrogen (secondary N) is 1. The molecule has 0 saturated heterocycles. The predicted molar refractivity (Wildman–Crippen MR) is 85.7 cm³/mol. The van der Waals surface area contributed by atoms with Crippen LogP contribution in [0.3, 0.4) is 0 Å². The number of aryl methyl sites for hydroxylation is 1. The van der Waals surface area contributed by atoms with E-state index in [2.05, 4.69) is 28.7 Å². The zero-order chi connectivity index (χ0) is 15.1.